The minimum atomic E-state index is -0.296. The molecule has 0 amide bonds. The summed E-state index contributed by atoms with van der Waals surface area (Å²) >= 11 is 0. The number of benzene rings is 2. The van der Waals surface area contributed by atoms with Gasteiger partial charge in [-0.3, -0.25) is 0 Å². The molecule has 0 aromatic heterocycles. The van der Waals surface area contributed by atoms with Crippen LogP contribution in [0.4, 0.5) is 4.39 Å². The van der Waals surface area contributed by atoms with E-state index in [1.54, 1.807) is 12.1 Å². The summed E-state index contributed by atoms with van der Waals surface area (Å²) in [6.45, 7) is 2.13. The number of nitrogens with one attached hydrogen (secondary N) is 1. The van der Waals surface area contributed by atoms with Crippen molar-refractivity contribution in [2.75, 3.05) is 7.05 Å². The fraction of sp³-hybridized carbons (Fsp3) is 0.250. The maximum absolute atomic E-state index is 13.1. The van der Waals surface area contributed by atoms with Gasteiger partial charge in [-0.2, -0.15) is 0 Å². The van der Waals surface area contributed by atoms with Crippen LogP contribution in [0.25, 0.3) is 0 Å². The van der Waals surface area contributed by atoms with Crippen LogP contribution in [0.15, 0.2) is 48.5 Å². The summed E-state index contributed by atoms with van der Waals surface area (Å²) in [5, 5.41) is 3.25. The topological polar surface area (TPSA) is 21.3 Å². The molecule has 1 unspecified atom stereocenters. The zero-order valence-corrected chi connectivity index (χ0v) is 11.2. The SMILES string of the molecule is CCC(NC)c1cccc(Oc2cccc(F)c2)c1. The largest absolute Gasteiger partial charge is 0.457 e. The molecule has 2 aromatic rings. The van der Waals surface area contributed by atoms with Crippen molar-refractivity contribution in [3.63, 3.8) is 0 Å². The Morgan fingerprint density at radius 1 is 1.11 bits per heavy atom. The summed E-state index contributed by atoms with van der Waals surface area (Å²) in [5.41, 5.74) is 1.17. The molecule has 2 rings (SSSR count). The second kappa shape index (κ2) is 6.34. The normalized spacial score (nSPS) is 12.2. The van der Waals surface area contributed by atoms with E-state index in [-0.39, 0.29) is 5.82 Å². The van der Waals surface area contributed by atoms with Gasteiger partial charge >= 0.3 is 0 Å². The first kappa shape index (κ1) is 13.6. The third-order valence-corrected chi connectivity index (χ3v) is 3.05. The Labute approximate surface area is 113 Å². The minimum Gasteiger partial charge on any atom is -0.457 e. The van der Waals surface area contributed by atoms with Gasteiger partial charge in [0.05, 0.1) is 0 Å². The van der Waals surface area contributed by atoms with Gasteiger partial charge in [-0.05, 0) is 43.3 Å². The van der Waals surface area contributed by atoms with E-state index < -0.39 is 0 Å². The second-order valence-electron chi connectivity index (χ2n) is 4.38. The quantitative estimate of drug-likeness (QED) is 0.865. The van der Waals surface area contributed by atoms with Crippen molar-refractivity contribution in [1.29, 1.82) is 0 Å². The lowest BCUT2D eigenvalue weighted by Gasteiger charge is -2.15. The number of hydrogen-bond acceptors (Lipinski definition) is 2. The molecule has 2 nitrogen and oxygen atoms in total. The van der Waals surface area contributed by atoms with E-state index in [0.717, 1.165) is 12.2 Å². The van der Waals surface area contributed by atoms with E-state index in [1.807, 2.05) is 25.2 Å². The molecule has 100 valence electrons. The molecule has 0 saturated heterocycles. The zero-order chi connectivity index (χ0) is 13.7. The van der Waals surface area contributed by atoms with Gasteiger partial charge in [0.25, 0.3) is 0 Å². The van der Waals surface area contributed by atoms with Crippen molar-refractivity contribution >= 4 is 0 Å². The first-order valence-electron chi connectivity index (χ1n) is 6.43. The molecule has 0 heterocycles. The molecule has 0 aliphatic rings. The van der Waals surface area contributed by atoms with Crippen LogP contribution in [-0.4, -0.2) is 7.05 Å². The standard InChI is InChI=1S/C16H18FNO/c1-3-16(18-2)12-6-4-8-14(10-12)19-15-9-5-7-13(17)11-15/h4-11,16,18H,3H2,1-2H3. The number of halogens is 1. The number of hydrogen-bond donors (Lipinski definition) is 1. The summed E-state index contributed by atoms with van der Waals surface area (Å²) in [5.74, 6) is 0.932. The molecule has 3 heteroatoms. The van der Waals surface area contributed by atoms with Gasteiger partial charge in [-0.15, -0.1) is 0 Å². The van der Waals surface area contributed by atoms with Crippen LogP contribution in [0.5, 0.6) is 11.5 Å². The van der Waals surface area contributed by atoms with Gasteiger partial charge in [0.2, 0.25) is 0 Å². The van der Waals surface area contributed by atoms with Crippen LogP contribution in [0.3, 0.4) is 0 Å². The molecule has 19 heavy (non-hydrogen) atoms. The van der Waals surface area contributed by atoms with E-state index in [1.165, 1.54) is 17.7 Å². The highest BCUT2D eigenvalue weighted by Gasteiger charge is 2.07. The first-order chi connectivity index (χ1) is 9.22. The van der Waals surface area contributed by atoms with Crippen molar-refractivity contribution < 1.29 is 9.13 Å². The summed E-state index contributed by atoms with van der Waals surface area (Å²) in [7, 11) is 1.94. The Kier molecular flexibility index (Phi) is 4.53. The van der Waals surface area contributed by atoms with Crippen molar-refractivity contribution in [2.45, 2.75) is 19.4 Å². The lowest BCUT2D eigenvalue weighted by atomic mass is 10.0. The highest BCUT2D eigenvalue weighted by molar-refractivity contribution is 5.35. The van der Waals surface area contributed by atoms with Crippen molar-refractivity contribution in [3.8, 4) is 11.5 Å². The molecule has 0 spiro atoms. The van der Waals surface area contributed by atoms with Crippen LogP contribution in [0, 0.1) is 5.82 Å². The molecular weight excluding hydrogens is 241 g/mol. The Morgan fingerprint density at radius 2 is 1.79 bits per heavy atom. The monoisotopic (exact) mass is 259 g/mol. The highest BCUT2D eigenvalue weighted by Crippen LogP contribution is 2.25. The first-order valence-corrected chi connectivity index (χ1v) is 6.43. The van der Waals surface area contributed by atoms with E-state index in [4.69, 9.17) is 4.74 Å². The predicted molar refractivity (Wildman–Crippen MR) is 75.0 cm³/mol. The van der Waals surface area contributed by atoms with Gasteiger partial charge < -0.3 is 10.1 Å². The average Bonchev–Trinajstić information content (AvgIpc) is 2.41. The molecule has 0 radical (unpaired) electrons. The molecule has 0 bridgehead atoms. The highest BCUT2D eigenvalue weighted by atomic mass is 19.1. The smallest absolute Gasteiger partial charge is 0.130 e. The lowest BCUT2D eigenvalue weighted by Crippen LogP contribution is -2.14. The van der Waals surface area contributed by atoms with E-state index >= 15 is 0 Å². The fourth-order valence-electron chi connectivity index (χ4n) is 2.07. The van der Waals surface area contributed by atoms with Crippen molar-refractivity contribution in [1.82, 2.24) is 5.32 Å². The maximum Gasteiger partial charge on any atom is 0.130 e. The Hall–Kier alpha value is -1.87. The van der Waals surface area contributed by atoms with E-state index in [2.05, 4.69) is 18.3 Å². The second-order valence-corrected chi connectivity index (χ2v) is 4.38. The molecule has 1 N–H and O–H groups in total. The lowest BCUT2D eigenvalue weighted by molar-refractivity contribution is 0.473. The fourth-order valence-corrected chi connectivity index (χ4v) is 2.07. The molecule has 0 aliphatic heterocycles. The minimum absolute atomic E-state index is 0.296. The summed E-state index contributed by atoms with van der Waals surface area (Å²) in [4.78, 5) is 0. The van der Waals surface area contributed by atoms with Gasteiger partial charge in [0.15, 0.2) is 0 Å². The molecule has 0 saturated carbocycles. The summed E-state index contributed by atoms with van der Waals surface area (Å²) in [6.07, 6.45) is 1.000. The molecular formula is C16H18FNO. The molecule has 0 fully saturated rings. The third kappa shape index (κ3) is 3.55. The summed E-state index contributed by atoms with van der Waals surface area (Å²) < 4.78 is 18.8. The Morgan fingerprint density at radius 3 is 2.42 bits per heavy atom. The summed E-state index contributed by atoms with van der Waals surface area (Å²) in [6, 6.07) is 14.3. The van der Waals surface area contributed by atoms with Crippen LogP contribution in [0.1, 0.15) is 24.9 Å². The zero-order valence-electron chi connectivity index (χ0n) is 11.2. The molecule has 2 aromatic carbocycles. The van der Waals surface area contributed by atoms with Crippen LogP contribution < -0.4 is 10.1 Å². The Balaban J connectivity index is 2.19. The maximum atomic E-state index is 13.1. The number of rotatable bonds is 5. The van der Waals surface area contributed by atoms with Gasteiger partial charge in [0, 0.05) is 12.1 Å². The van der Waals surface area contributed by atoms with Gasteiger partial charge in [-0.1, -0.05) is 25.1 Å². The third-order valence-electron chi connectivity index (χ3n) is 3.05. The van der Waals surface area contributed by atoms with Gasteiger partial charge in [0.1, 0.15) is 17.3 Å². The van der Waals surface area contributed by atoms with Crippen LogP contribution in [0.2, 0.25) is 0 Å². The van der Waals surface area contributed by atoms with Crippen LogP contribution >= 0.6 is 0 Å². The number of ether oxygens (including phenoxy) is 1. The Bertz CT molecular complexity index is 538. The van der Waals surface area contributed by atoms with E-state index in [9.17, 15) is 4.39 Å². The average molecular weight is 259 g/mol. The van der Waals surface area contributed by atoms with Crippen molar-refractivity contribution in [2.24, 2.45) is 0 Å². The molecule has 0 aliphatic carbocycles. The predicted octanol–water partition coefficient (Wildman–Crippen LogP) is 4.29. The van der Waals surface area contributed by atoms with Gasteiger partial charge in [-0.25, -0.2) is 4.39 Å². The van der Waals surface area contributed by atoms with Crippen molar-refractivity contribution in [3.05, 3.63) is 59.9 Å². The molecule has 1 atom stereocenters. The van der Waals surface area contributed by atoms with Crippen LogP contribution in [-0.2, 0) is 0 Å². The van der Waals surface area contributed by atoms with E-state index in [0.29, 0.717) is 11.8 Å².